The van der Waals surface area contributed by atoms with Gasteiger partial charge in [0.05, 0.1) is 24.7 Å². The minimum atomic E-state index is 0.171. The first kappa shape index (κ1) is 17.1. The molecule has 6 heteroatoms. The van der Waals surface area contributed by atoms with E-state index in [9.17, 15) is 0 Å². The molecule has 0 aliphatic rings. The quantitative estimate of drug-likeness (QED) is 0.611. The van der Waals surface area contributed by atoms with Crippen molar-refractivity contribution in [2.45, 2.75) is 25.9 Å². The molecule has 0 aromatic carbocycles. The van der Waals surface area contributed by atoms with E-state index in [1.165, 1.54) is 5.69 Å². The smallest absolute Gasteiger partial charge is 0.0948 e. The van der Waals surface area contributed by atoms with Crippen LogP contribution in [0.2, 0.25) is 0 Å². The Hall–Kier alpha value is -0.950. The van der Waals surface area contributed by atoms with Gasteiger partial charge in [-0.1, -0.05) is 0 Å². The summed E-state index contributed by atoms with van der Waals surface area (Å²) in [5.41, 5.74) is 7.18. The molecule has 1 aromatic heterocycles. The molecule has 0 radical (unpaired) electrons. The summed E-state index contributed by atoms with van der Waals surface area (Å²) in [4.78, 5) is 6.60. The molecule has 0 amide bonds. The van der Waals surface area contributed by atoms with Gasteiger partial charge in [0, 0.05) is 53.2 Å². The van der Waals surface area contributed by atoms with Crippen LogP contribution in [0.3, 0.4) is 0 Å². The minimum Gasteiger partial charge on any atom is -0.385 e. The van der Waals surface area contributed by atoms with E-state index in [1.54, 1.807) is 14.2 Å². The van der Waals surface area contributed by atoms with E-state index in [1.807, 2.05) is 12.5 Å². The molecule has 0 bridgehead atoms. The van der Waals surface area contributed by atoms with Crippen LogP contribution < -0.4 is 5.73 Å². The molecule has 20 heavy (non-hydrogen) atoms. The highest BCUT2D eigenvalue weighted by molar-refractivity contribution is 5.06. The van der Waals surface area contributed by atoms with Gasteiger partial charge in [0.2, 0.25) is 0 Å². The van der Waals surface area contributed by atoms with Crippen molar-refractivity contribution >= 4 is 0 Å². The van der Waals surface area contributed by atoms with E-state index in [4.69, 9.17) is 15.2 Å². The van der Waals surface area contributed by atoms with Gasteiger partial charge in [0.15, 0.2) is 0 Å². The summed E-state index contributed by atoms with van der Waals surface area (Å²) in [6.07, 6.45) is 4.76. The number of methoxy groups -OCH3 is 2. The second kappa shape index (κ2) is 9.88. The summed E-state index contributed by atoms with van der Waals surface area (Å²) in [5, 5.41) is 0. The van der Waals surface area contributed by atoms with Gasteiger partial charge in [-0.05, 0) is 13.3 Å². The average molecular weight is 284 g/mol. The van der Waals surface area contributed by atoms with Crippen molar-refractivity contribution in [3.63, 3.8) is 0 Å². The molecule has 2 N–H and O–H groups in total. The predicted octanol–water partition coefficient (Wildman–Crippen LogP) is 0.888. The first-order chi connectivity index (χ1) is 9.78. The lowest BCUT2D eigenvalue weighted by molar-refractivity contribution is 0.105. The topological polar surface area (TPSA) is 65.5 Å². The maximum atomic E-state index is 6.01. The standard InChI is InChI=1S/C14H28N4O2/c1-4-17-12-16-11-14(17)13(10-15)18(7-9-20-3)6-5-8-19-2/h11-13H,4-10,15H2,1-3H3. The average Bonchev–Trinajstić information content (AvgIpc) is 2.93. The lowest BCUT2D eigenvalue weighted by Gasteiger charge is -2.31. The van der Waals surface area contributed by atoms with Crippen molar-refractivity contribution in [1.29, 1.82) is 0 Å². The predicted molar refractivity (Wildman–Crippen MR) is 79.6 cm³/mol. The van der Waals surface area contributed by atoms with Gasteiger partial charge in [0.25, 0.3) is 0 Å². The summed E-state index contributed by atoms with van der Waals surface area (Å²) in [5.74, 6) is 0. The van der Waals surface area contributed by atoms with Crippen LogP contribution in [0.4, 0.5) is 0 Å². The van der Waals surface area contributed by atoms with Gasteiger partial charge >= 0.3 is 0 Å². The molecule has 0 saturated heterocycles. The molecule has 1 heterocycles. The van der Waals surface area contributed by atoms with Crippen molar-refractivity contribution in [3.05, 3.63) is 18.2 Å². The van der Waals surface area contributed by atoms with E-state index >= 15 is 0 Å². The largest absolute Gasteiger partial charge is 0.385 e. The van der Waals surface area contributed by atoms with Gasteiger partial charge < -0.3 is 19.8 Å². The van der Waals surface area contributed by atoms with Gasteiger partial charge in [-0.3, -0.25) is 4.90 Å². The number of nitrogens with zero attached hydrogens (tertiary/aromatic N) is 3. The molecule has 1 unspecified atom stereocenters. The Morgan fingerprint density at radius 3 is 2.65 bits per heavy atom. The lowest BCUT2D eigenvalue weighted by Crippen LogP contribution is -2.38. The second-order valence-electron chi connectivity index (χ2n) is 4.73. The Balaban J connectivity index is 2.77. The number of imidazole rings is 1. The minimum absolute atomic E-state index is 0.171. The maximum Gasteiger partial charge on any atom is 0.0948 e. The maximum absolute atomic E-state index is 6.01. The molecule has 0 spiro atoms. The monoisotopic (exact) mass is 284 g/mol. The van der Waals surface area contributed by atoms with Crippen LogP contribution in [0, 0.1) is 0 Å². The fraction of sp³-hybridized carbons (Fsp3) is 0.786. The first-order valence-electron chi connectivity index (χ1n) is 7.20. The third-order valence-corrected chi connectivity index (χ3v) is 3.47. The summed E-state index contributed by atoms with van der Waals surface area (Å²) >= 11 is 0. The third kappa shape index (κ3) is 4.86. The van der Waals surface area contributed by atoms with Crippen LogP contribution in [0.1, 0.15) is 25.1 Å². The van der Waals surface area contributed by atoms with E-state index in [0.29, 0.717) is 13.2 Å². The molecule has 6 nitrogen and oxygen atoms in total. The summed E-state index contributed by atoms with van der Waals surface area (Å²) in [6.45, 7) is 6.84. The number of rotatable bonds is 11. The first-order valence-corrected chi connectivity index (χ1v) is 7.20. The molecule has 1 atom stereocenters. The Morgan fingerprint density at radius 1 is 1.30 bits per heavy atom. The summed E-state index contributed by atoms with van der Waals surface area (Å²) in [7, 11) is 3.45. The van der Waals surface area contributed by atoms with Gasteiger partial charge in [-0.2, -0.15) is 0 Å². The van der Waals surface area contributed by atoms with Crippen LogP contribution in [-0.4, -0.2) is 61.5 Å². The highest BCUT2D eigenvalue weighted by atomic mass is 16.5. The van der Waals surface area contributed by atoms with Crippen molar-refractivity contribution in [2.75, 3.05) is 47.1 Å². The van der Waals surface area contributed by atoms with E-state index in [2.05, 4.69) is 21.4 Å². The molecule has 116 valence electrons. The zero-order valence-electron chi connectivity index (χ0n) is 12.9. The van der Waals surface area contributed by atoms with Crippen molar-refractivity contribution < 1.29 is 9.47 Å². The number of ether oxygens (including phenoxy) is 2. The summed E-state index contributed by atoms with van der Waals surface area (Å²) in [6, 6.07) is 0.171. The Labute approximate surface area is 121 Å². The van der Waals surface area contributed by atoms with E-state index in [0.717, 1.165) is 32.7 Å². The van der Waals surface area contributed by atoms with E-state index < -0.39 is 0 Å². The van der Waals surface area contributed by atoms with E-state index in [-0.39, 0.29) is 6.04 Å². The van der Waals surface area contributed by atoms with Crippen LogP contribution in [0.25, 0.3) is 0 Å². The van der Waals surface area contributed by atoms with Crippen molar-refractivity contribution in [3.8, 4) is 0 Å². The normalized spacial score (nSPS) is 13.1. The fourth-order valence-electron chi connectivity index (χ4n) is 2.37. The van der Waals surface area contributed by atoms with Gasteiger partial charge in [0.1, 0.15) is 0 Å². The SMILES string of the molecule is CCn1cncc1C(CN)N(CCCOC)CCOC. The highest BCUT2D eigenvalue weighted by Gasteiger charge is 2.21. The molecule has 0 aliphatic carbocycles. The second-order valence-corrected chi connectivity index (χ2v) is 4.73. The summed E-state index contributed by atoms with van der Waals surface area (Å²) < 4.78 is 12.5. The number of hydrogen-bond acceptors (Lipinski definition) is 5. The Kier molecular flexibility index (Phi) is 8.45. The van der Waals surface area contributed by atoms with Crippen LogP contribution in [0.15, 0.2) is 12.5 Å². The van der Waals surface area contributed by atoms with Crippen molar-refractivity contribution in [2.24, 2.45) is 5.73 Å². The van der Waals surface area contributed by atoms with Gasteiger partial charge in [-0.15, -0.1) is 0 Å². The highest BCUT2D eigenvalue weighted by Crippen LogP contribution is 2.19. The molecular formula is C14H28N4O2. The zero-order chi connectivity index (χ0) is 14.8. The molecule has 1 aromatic rings. The van der Waals surface area contributed by atoms with Crippen molar-refractivity contribution in [1.82, 2.24) is 14.5 Å². The Bertz CT molecular complexity index is 357. The number of aromatic nitrogens is 2. The lowest BCUT2D eigenvalue weighted by atomic mass is 10.1. The molecule has 0 aliphatic heterocycles. The molecular weight excluding hydrogens is 256 g/mol. The fourth-order valence-corrected chi connectivity index (χ4v) is 2.37. The van der Waals surface area contributed by atoms with Gasteiger partial charge in [-0.25, -0.2) is 4.98 Å². The Morgan fingerprint density at radius 2 is 2.05 bits per heavy atom. The van der Waals surface area contributed by atoms with Crippen LogP contribution in [0.5, 0.6) is 0 Å². The number of aryl methyl sites for hydroxylation is 1. The number of nitrogens with two attached hydrogens (primary N) is 1. The molecule has 1 rings (SSSR count). The third-order valence-electron chi connectivity index (χ3n) is 3.47. The van der Waals surface area contributed by atoms with Crippen LogP contribution in [-0.2, 0) is 16.0 Å². The molecule has 0 saturated carbocycles. The number of hydrogen-bond donors (Lipinski definition) is 1. The van der Waals surface area contributed by atoms with Crippen LogP contribution >= 0.6 is 0 Å². The molecule has 0 fully saturated rings. The zero-order valence-corrected chi connectivity index (χ0v) is 12.9.